The molecule has 0 aromatic rings. The van der Waals surface area contributed by atoms with Gasteiger partial charge in [0.1, 0.15) is 0 Å². The van der Waals surface area contributed by atoms with Crippen molar-refractivity contribution in [2.75, 3.05) is 0 Å². The van der Waals surface area contributed by atoms with Crippen molar-refractivity contribution in [1.29, 1.82) is 0 Å². The molecule has 0 amide bonds. The molecule has 0 heterocycles. The molecule has 0 aliphatic rings. The van der Waals surface area contributed by atoms with E-state index >= 15 is 0 Å². The van der Waals surface area contributed by atoms with Crippen LogP contribution in [0.25, 0.3) is 0 Å². The average Bonchev–Trinajstić information content (AvgIpc) is 0.811. The van der Waals surface area contributed by atoms with E-state index < -0.39 is 9.17 Å². The summed E-state index contributed by atoms with van der Waals surface area (Å²) in [5.74, 6) is 0. The summed E-state index contributed by atoms with van der Waals surface area (Å²) in [6, 6.07) is 0. The summed E-state index contributed by atoms with van der Waals surface area (Å²) in [6.45, 7) is 0. The third-order valence-corrected chi connectivity index (χ3v) is 0. The zero-order chi connectivity index (χ0) is 3.58. The van der Waals surface area contributed by atoms with Crippen molar-refractivity contribution >= 4 is 116 Å². The van der Waals surface area contributed by atoms with Crippen LogP contribution in [0.1, 0.15) is 0 Å². The summed E-state index contributed by atoms with van der Waals surface area (Å²) in [6.07, 6.45) is 0. The van der Waals surface area contributed by atoms with Gasteiger partial charge in [-0.3, -0.25) is 4.46 Å². The van der Waals surface area contributed by atoms with E-state index in [1.165, 1.54) is 0 Å². The van der Waals surface area contributed by atoms with Gasteiger partial charge in [0, 0.05) is 0 Å². The van der Waals surface area contributed by atoms with Gasteiger partial charge in [0.05, 0.1) is 0 Å². The van der Waals surface area contributed by atoms with Crippen molar-refractivity contribution in [2.45, 2.75) is 0 Å². The van der Waals surface area contributed by atoms with Gasteiger partial charge in [-0.05, 0) is 0 Å². The van der Waals surface area contributed by atoms with Gasteiger partial charge in [0.2, 0.25) is 0 Å². The first-order valence-electron chi connectivity index (χ1n) is 0.651. The summed E-state index contributed by atoms with van der Waals surface area (Å²) < 4.78 is 8.74. The molecule has 7 heavy (non-hydrogen) atoms. The summed E-state index contributed by atoms with van der Waals surface area (Å²) in [5.41, 5.74) is 0. The van der Waals surface area contributed by atoms with Crippen LogP contribution in [-0.4, -0.2) is 125 Å². The van der Waals surface area contributed by atoms with Gasteiger partial charge in [-0.2, -0.15) is 0 Å². The number of hydrogen-bond donors (Lipinski definition) is 2. The summed E-state index contributed by atoms with van der Waals surface area (Å²) in [4.78, 5) is 14.3. The molecule has 0 aliphatic heterocycles. The fourth-order valence-electron chi connectivity index (χ4n) is 0. The predicted octanol–water partition coefficient (Wildman–Crippen LogP) is -4.36. The Hall–Kier alpha value is 3.05. The third kappa shape index (κ3) is 48.4. The first kappa shape index (κ1) is 22.5. The van der Waals surface area contributed by atoms with E-state index in [0.717, 1.165) is 0 Å². The molecular weight excluding hydrogens is 182 g/mol. The molecule has 2 N–H and O–H groups in total. The minimum absolute atomic E-state index is 0. The van der Waals surface area contributed by atoms with E-state index in [4.69, 9.17) is 14.1 Å². The SMILES string of the molecule is O=[Si](O)O.[AlH3].[CaH2].[KH]. The van der Waals surface area contributed by atoms with Crippen molar-refractivity contribution in [3.8, 4) is 0 Å². The van der Waals surface area contributed by atoms with Crippen LogP contribution < -0.4 is 0 Å². The van der Waals surface area contributed by atoms with E-state index in [-0.39, 0.29) is 106 Å². The standard InChI is InChI=1S/Al.Ca.K.H2O3Si.6H/c;;;1-4(2)3;;;;;;/h;;;1-2H;;;;;;. The molecule has 0 bridgehead atoms. The van der Waals surface area contributed by atoms with Crippen LogP contribution in [0.5, 0.6) is 0 Å². The molecule has 36 valence electrons. The monoisotopic (exact) mass is 190 g/mol. The second-order valence-electron chi connectivity index (χ2n) is 0.283. The summed E-state index contributed by atoms with van der Waals surface area (Å²) in [7, 11) is -3.13. The van der Waals surface area contributed by atoms with Crippen LogP contribution in [0.3, 0.4) is 0 Å². The molecular formula is H8AlCaKO3Si. The van der Waals surface area contributed by atoms with Gasteiger partial charge in [-0.1, -0.05) is 0 Å². The van der Waals surface area contributed by atoms with E-state index in [0.29, 0.717) is 0 Å². The Kier molecular flexibility index (Phi) is 51.5. The average molecular weight is 190 g/mol. The number of hydrogen-bond acceptors (Lipinski definition) is 1. The Morgan fingerprint density at radius 2 is 1.29 bits per heavy atom. The molecule has 7 heteroatoms. The van der Waals surface area contributed by atoms with Crippen LogP contribution in [0.15, 0.2) is 0 Å². The van der Waals surface area contributed by atoms with Crippen molar-refractivity contribution in [3.05, 3.63) is 0 Å². The molecule has 0 saturated heterocycles. The van der Waals surface area contributed by atoms with Gasteiger partial charge in [-0.15, -0.1) is 0 Å². The minimum atomic E-state index is -3.13. The fraction of sp³-hybridized carbons (Fsp3) is 0. The molecule has 0 rings (SSSR count). The van der Waals surface area contributed by atoms with Crippen LogP contribution in [0, 0.1) is 0 Å². The van der Waals surface area contributed by atoms with Gasteiger partial charge in [-0.25, -0.2) is 0 Å². The maximum atomic E-state index is 8.74. The molecule has 0 aromatic heterocycles. The quantitative estimate of drug-likeness (QED) is 0.380. The zero-order valence-corrected chi connectivity index (χ0v) is 2.80. The fourth-order valence-corrected chi connectivity index (χ4v) is 0. The molecule has 3 nitrogen and oxygen atoms in total. The Morgan fingerprint density at radius 3 is 1.29 bits per heavy atom. The van der Waals surface area contributed by atoms with Crippen LogP contribution in [0.4, 0.5) is 0 Å². The van der Waals surface area contributed by atoms with Gasteiger partial charge in [0.25, 0.3) is 0 Å². The maximum absolute atomic E-state index is 8.74. The Bertz CT molecular complexity index is 37.9. The van der Waals surface area contributed by atoms with Crippen molar-refractivity contribution in [1.82, 2.24) is 0 Å². The Morgan fingerprint density at radius 1 is 1.29 bits per heavy atom. The van der Waals surface area contributed by atoms with Crippen LogP contribution in [0.2, 0.25) is 0 Å². The van der Waals surface area contributed by atoms with Gasteiger partial charge < -0.3 is 9.59 Å². The summed E-state index contributed by atoms with van der Waals surface area (Å²) in [5, 5.41) is 0. The van der Waals surface area contributed by atoms with Crippen molar-refractivity contribution in [3.63, 3.8) is 0 Å². The molecule has 0 aliphatic carbocycles. The van der Waals surface area contributed by atoms with Gasteiger partial charge in [0.15, 0.2) is 17.4 Å². The Labute approximate surface area is 126 Å². The van der Waals surface area contributed by atoms with E-state index in [2.05, 4.69) is 0 Å². The van der Waals surface area contributed by atoms with Gasteiger partial charge >= 0.3 is 98.3 Å². The first-order valence-corrected chi connectivity index (χ1v) is 1.95. The molecule has 0 spiro atoms. The first-order chi connectivity index (χ1) is 1.73. The van der Waals surface area contributed by atoms with Crippen molar-refractivity contribution < 1.29 is 14.1 Å². The molecule has 0 atom stereocenters. The zero-order valence-electron chi connectivity index (χ0n) is 1.80. The molecule has 0 radical (unpaired) electrons. The summed E-state index contributed by atoms with van der Waals surface area (Å²) >= 11 is 0. The molecule has 0 saturated carbocycles. The topological polar surface area (TPSA) is 57.5 Å². The molecule has 0 aromatic carbocycles. The predicted molar refractivity (Wildman–Crippen MR) is 36.5 cm³/mol. The van der Waals surface area contributed by atoms with Crippen molar-refractivity contribution in [2.24, 2.45) is 0 Å². The normalized spacial score (nSPS) is 3.43. The third-order valence-electron chi connectivity index (χ3n) is 0. The van der Waals surface area contributed by atoms with E-state index in [1.807, 2.05) is 0 Å². The number of rotatable bonds is 0. The van der Waals surface area contributed by atoms with E-state index in [9.17, 15) is 0 Å². The second kappa shape index (κ2) is 16.0. The molecule has 0 fully saturated rings. The Balaban J connectivity index is -0.0000000150. The van der Waals surface area contributed by atoms with Crippen LogP contribution in [-0.2, 0) is 4.46 Å². The van der Waals surface area contributed by atoms with E-state index in [1.54, 1.807) is 0 Å². The molecule has 0 unspecified atom stereocenters. The second-order valence-corrected chi connectivity index (χ2v) is 0.848. The van der Waals surface area contributed by atoms with Crippen LogP contribution >= 0.6 is 0 Å².